The van der Waals surface area contributed by atoms with Crippen molar-refractivity contribution < 1.29 is 4.42 Å². The highest BCUT2D eigenvalue weighted by atomic mass is 32.2. The van der Waals surface area contributed by atoms with Gasteiger partial charge in [-0.2, -0.15) is 5.26 Å². The standard InChI is InChI=1S/C18H14N2OS/c19-12-16(11-14-7-3-1-4-8-14)22-18-20-17(13-21-18)15-9-5-2-6-10-15/h1-10,13,16H,11H2. The zero-order valence-electron chi connectivity index (χ0n) is 11.8. The lowest BCUT2D eigenvalue weighted by molar-refractivity contribution is 0.453. The van der Waals surface area contributed by atoms with E-state index >= 15 is 0 Å². The number of aromatic nitrogens is 1. The van der Waals surface area contributed by atoms with Crippen LogP contribution >= 0.6 is 11.8 Å². The fourth-order valence-corrected chi connectivity index (χ4v) is 2.94. The Balaban J connectivity index is 1.70. The third-order valence-electron chi connectivity index (χ3n) is 3.20. The Bertz CT molecular complexity index is 763. The van der Waals surface area contributed by atoms with E-state index in [1.807, 2.05) is 60.7 Å². The van der Waals surface area contributed by atoms with E-state index in [0.29, 0.717) is 11.6 Å². The van der Waals surface area contributed by atoms with Crippen LogP contribution in [-0.4, -0.2) is 10.2 Å². The highest BCUT2D eigenvalue weighted by Gasteiger charge is 2.15. The van der Waals surface area contributed by atoms with Gasteiger partial charge in [-0.15, -0.1) is 0 Å². The molecule has 108 valence electrons. The van der Waals surface area contributed by atoms with Crippen LogP contribution in [0.2, 0.25) is 0 Å². The molecule has 0 fully saturated rings. The quantitative estimate of drug-likeness (QED) is 0.648. The van der Waals surface area contributed by atoms with Gasteiger partial charge in [0, 0.05) is 5.56 Å². The van der Waals surface area contributed by atoms with Crippen LogP contribution in [0.4, 0.5) is 0 Å². The summed E-state index contributed by atoms with van der Waals surface area (Å²) in [4.78, 5) is 4.46. The van der Waals surface area contributed by atoms with E-state index in [0.717, 1.165) is 16.8 Å². The van der Waals surface area contributed by atoms with Crippen LogP contribution in [0.25, 0.3) is 11.3 Å². The van der Waals surface area contributed by atoms with E-state index in [9.17, 15) is 5.26 Å². The van der Waals surface area contributed by atoms with Crippen molar-refractivity contribution in [2.24, 2.45) is 0 Å². The maximum Gasteiger partial charge on any atom is 0.257 e. The highest BCUT2D eigenvalue weighted by molar-refractivity contribution is 7.99. The molecule has 0 amide bonds. The maximum absolute atomic E-state index is 9.33. The zero-order chi connectivity index (χ0) is 15.2. The minimum Gasteiger partial charge on any atom is -0.439 e. The third kappa shape index (κ3) is 3.57. The van der Waals surface area contributed by atoms with Crippen LogP contribution in [0.5, 0.6) is 0 Å². The smallest absolute Gasteiger partial charge is 0.257 e. The lowest BCUT2D eigenvalue weighted by atomic mass is 10.1. The van der Waals surface area contributed by atoms with E-state index < -0.39 is 0 Å². The molecule has 3 aromatic rings. The molecule has 1 atom stereocenters. The number of benzene rings is 2. The lowest BCUT2D eigenvalue weighted by Gasteiger charge is -2.05. The SMILES string of the molecule is N#CC(Cc1ccccc1)Sc1nc(-c2ccccc2)co1. The van der Waals surface area contributed by atoms with Gasteiger partial charge in [-0.25, -0.2) is 4.98 Å². The summed E-state index contributed by atoms with van der Waals surface area (Å²) < 4.78 is 5.49. The minimum atomic E-state index is -0.218. The normalized spacial score (nSPS) is 11.8. The summed E-state index contributed by atoms with van der Waals surface area (Å²) in [6.07, 6.45) is 2.31. The van der Waals surface area contributed by atoms with Crippen LogP contribution in [0, 0.1) is 11.3 Å². The molecule has 3 rings (SSSR count). The number of nitriles is 1. The van der Waals surface area contributed by atoms with Gasteiger partial charge in [0.05, 0.1) is 6.07 Å². The molecule has 0 saturated carbocycles. The monoisotopic (exact) mass is 306 g/mol. The highest BCUT2D eigenvalue weighted by Crippen LogP contribution is 2.28. The summed E-state index contributed by atoms with van der Waals surface area (Å²) in [7, 11) is 0. The molecule has 22 heavy (non-hydrogen) atoms. The van der Waals surface area contributed by atoms with Crippen molar-refractivity contribution in [2.75, 3.05) is 0 Å². The summed E-state index contributed by atoms with van der Waals surface area (Å²) in [5.41, 5.74) is 2.94. The van der Waals surface area contributed by atoms with Crippen LogP contribution in [0.3, 0.4) is 0 Å². The van der Waals surface area contributed by atoms with Crippen molar-refractivity contribution in [3.05, 3.63) is 72.5 Å². The summed E-state index contributed by atoms with van der Waals surface area (Å²) >= 11 is 1.36. The minimum absolute atomic E-state index is 0.218. The van der Waals surface area contributed by atoms with Gasteiger partial charge in [-0.1, -0.05) is 60.7 Å². The molecule has 1 aromatic heterocycles. The van der Waals surface area contributed by atoms with Crippen molar-refractivity contribution in [1.82, 2.24) is 4.98 Å². The molecule has 0 bridgehead atoms. The second-order valence-electron chi connectivity index (χ2n) is 4.79. The van der Waals surface area contributed by atoms with Crippen molar-refractivity contribution in [1.29, 1.82) is 5.26 Å². The van der Waals surface area contributed by atoms with Gasteiger partial charge in [-0.05, 0) is 23.7 Å². The van der Waals surface area contributed by atoms with E-state index in [-0.39, 0.29) is 5.25 Å². The van der Waals surface area contributed by atoms with E-state index in [1.165, 1.54) is 11.8 Å². The van der Waals surface area contributed by atoms with Gasteiger partial charge in [-0.3, -0.25) is 0 Å². The average molecular weight is 306 g/mol. The van der Waals surface area contributed by atoms with Gasteiger partial charge in [0.15, 0.2) is 0 Å². The first-order valence-corrected chi connectivity index (χ1v) is 7.84. The number of nitrogens with zero attached hydrogens (tertiary/aromatic N) is 2. The molecule has 0 spiro atoms. The lowest BCUT2D eigenvalue weighted by Crippen LogP contribution is -2.03. The van der Waals surface area contributed by atoms with Crippen molar-refractivity contribution in [3.8, 4) is 17.3 Å². The summed E-state index contributed by atoms with van der Waals surface area (Å²) in [5.74, 6) is 0. The van der Waals surface area contributed by atoms with Gasteiger partial charge in [0.2, 0.25) is 0 Å². The number of rotatable bonds is 5. The summed E-state index contributed by atoms with van der Waals surface area (Å²) in [6.45, 7) is 0. The zero-order valence-corrected chi connectivity index (χ0v) is 12.7. The molecular weight excluding hydrogens is 292 g/mol. The van der Waals surface area contributed by atoms with Gasteiger partial charge < -0.3 is 4.42 Å². The van der Waals surface area contributed by atoms with E-state index in [1.54, 1.807) is 6.26 Å². The largest absolute Gasteiger partial charge is 0.439 e. The van der Waals surface area contributed by atoms with Gasteiger partial charge in [0.25, 0.3) is 5.22 Å². The molecule has 0 radical (unpaired) electrons. The second kappa shape index (κ2) is 6.97. The first-order valence-electron chi connectivity index (χ1n) is 6.96. The number of oxazole rings is 1. The van der Waals surface area contributed by atoms with Crippen molar-refractivity contribution in [2.45, 2.75) is 16.9 Å². The molecule has 0 N–H and O–H groups in total. The molecule has 0 aliphatic heterocycles. The van der Waals surface area contributed by atoms with E-state index in [2.05, 4.69) is 11.1 Å². The molecule has 1 unspecified atom stereocenters. The molecule has 3 nitrogen and oxygen atoms in total. The fourth-order valence-electron chi connectivity index (χ4n) is 2.12. The van der Waals surface area contributed by atoms with Crippen LogP contribution in [0.15, 0.2) is 76.6 Å². The topological polar surface area (TPSA) is 49.8 Å². The fraction of sp³-hybridized carbons (Fsp3) is 0.111. The second-order valence-corrected chi connectivity index (χ2v) is 5.94. The summed E-state index contributed by atoms with van der Waals surface area (Å²) in [6, 6.07) is 22.1. The molecule has 0 aliphatic carbocycles. The molecule has 2 aromatic carbocycles. The molecule has 4 heteroatoms. The Kier molecular flexibility index (Phi) is 4.57. The van der Waals surface area contributed by atoms with Crippen molar-refractivity contribution in [3.63, 3.8) is 0 Å². The van der Waals surface area contributed by atoms with Crippen molar-refractivity contribution >= 4 is 11.8 Å². The molecular formula is C18H14N2OS. The molecule has 1 heterocycles. The van der Waals surface area contributed by atoms with Crippen LogP contribution in [0.1, 0.15) is 5.56 Å². The predicted molar refractivity (Wildman–Crippen MR) is 87.3 cm³/mol. The Morgan fingerprint density at radius 2 is 1.73 bits per heavy atom. The number of hydrogen-bond acceptors (Lipinski definition) is 4. The first kappa shape index (κ1) is 14.4. The van der Waals surface area contributed by atoms with Crippen LogP contribution < -0.4 is 0 Å². The Morgan fingerprint density at radius 1 is 1.05 bits per heavy atom. The first-order chi connectivity index (χ1) is 10.8. The Labute approximate surface area is 133 Å². The molecule has 0 aliphatic rings. The van der Waals surface area contributed by atoms with E-state index in [4.69, 9.17) is 4.42 Å². The van der Waals surface area contributed by atoms with Crippen LogP contribution in [-0.2, 0) is 6.42 Å². The van der Waals surface area contributed by atoms with Gasteiger partial charge >= 0.3 is 0 Å². The number of thioether (sulfide) groups is 1. The van der Waals surface area contributed by atoms with Gasteiger partial charge in [0.1, 0.15) is 17.2 Å². The third-order valence-corrected chi connectivity index (χ3v) is 4.15. The molecule has 0 saturated heterocycles. The Hall–Kier alpha value is -2.51. The predicted octanol–water partition coefficient (Wildman–Crippen LogP) is 4.57. The Morgan fingerprint density at radius 3 is 2.41 bits per heavy atom. The average Bonchev–Trinajstić information content (AvgIpc) is 3.04. The maximum atomic E-state index is 9.33. The summed E-state index contributed by atoms with van der Waals surface area (Å²) in [5, 5.41) is 9.64. The number of hydrogen-bond donors (Lipinski definition) is 0.